The third-order valence-corrected chi connectivity index (χ3v) is 6.18. The number of hydrogen-bond acceptors (Lipinski definition) is 2. The van der Waals surface area contributed by atoms with Crippen molar-refractivity contribution in [1.29, 1.82) is 0 Å². The Morgan fingerprint density at radius 3 is 1.14 bits per heavy atom. The lowest BCUT2D eigenvalue weighted by molar-refractivity contribution is -0.133. The van der Waals surface area contributed by atoms with Crippen molar-refractivity contribution in [2.24, 2.45) is 5.92 Å². The summed E-state index contributed by atoms with van der Waals surface area (Å²) in [7, 11) is 0. The molecule has 0 amide bonds. The number of unbranched alkanes of at least 4 members (excludes halogenated alkanes) is 15. The van der Waals surface area contributed by atoms with E-state index in [2.05, 4.69) is 20.8 Å². The van der Waals surface area contributed by atoms with Crippen LogP contribution in [0.1, 0.15) is 156 Å². The summed E-state index contributed by atoms with van der Waals surface area (Å²) in [6, 6.07) is 0. The zero-order chi connectivity index (χ0) is 21.6. The second-order valence-corrected chi connectivity index (χ2v) is 9.08. The Bertz CT molecular complexity index is 347. The van der Waals surface area contributed by atoms with Crippen molar-refractivity contribution in [3.05, 3.63) is 0 Å². The van der Waals surface area contributed by atoms with Gasteiger partial charge in [-0.2, -0.15) is 0 Å². The van der Waals surface area contributed by atoms with Crippen LogP contribution >= 0.6 is 0 Å². The standard InChI is InChI=1S/C27H52O2/c1-4-7-10-13-16-19-22-25(26(28)23-20-17-14-11-8-5-2)27(29)24-21-18-15-12-9-6-3/h25H,4-24H2,1-3H3. The highest BCUT2D eigenvalue weighted by Crippen LogP contribution is 2.20. The molecule has 2 nitrogen and oxygen atoms in total. The molecule has 0 aromatic carbocycles. The minimum atomic E-state index is -0.299. The van der Waals surface area contributed by atoms with Crippen molar-refractivity contribution in [3.8, 4) is 0 Å². The average Bonchev–Trinajstić information content (AvgIpc) is 2.72. The van der Waals surface area contributed by atoms with Crippen LogP contribution in [-0.4, -0.2) is 11.6 Å². The Morgan fingerprint density at radius 1 is 0.448 bits per heavy atom. The molecule has 0 radical (unpaired) electrons. The second kappa shape index (κ2) is 22.0. The highest BCUT2D eigenvalue weighted by Gasteiger charge is 2.24. The quantitative estimate of drug-likeness (QED) is 0.125. The second-order valence-electron chi connectivity index (χ2n) is 9.08. The maximum atomic E-state index is 12.8. The summed E-state index contributed by atoms with van der Waals surface area (Å²) >= 11 is 0. The Kier molecular flexibility index (Phi) is 21.5. The molecule has 0 aliphatic heterocycles. The highest BCUT2D eigenvalue weighted by molar-refractivity contribution is 6.02. The molecule has 0 bridgehead atoms. The van der Waals surface area contributed by atoms with Gasteiger partial charge in [-0.1, -0.05) is 124 Å². The fraction of sp³-hybridized carbons (Fsp3) is 0.926. The lowest BCUT2D eigenvalue weighted by Crippen LogP contribution is -2.24. The fourth-order valence-corrected chi connectivity index (χ4v) is 4.14. The molecule has 2 heteroatoms. The number of ketones is 2. The smallest absolute Gasteiger partial charge is 0.143 e. The van der Waals surface area contributed by atoms with Gasteiger partial charge in [-0.15, -0.1) is 0 Å². The molecule has 0 saturated heterocycles. The van der Waals surface area contributed by atoms with Gasteiger partial charge in [0.2, 0.25) is 0 Å². The Labute approximate surface area is 183 Å². The van der Waals surface area contributed by atoms with Crippen molar-refractivity contribution < 1.29 is 9.59 Å². The minimum absolute atomic E-state index is 0.241. The molecule has 0 atom stereocenters. The molecule has 0 aliphatic carbocycles. The van der Waals surface area contributed by atoms with Gasteiger partial charge in [0.25, 0.3) is 0 Å². The molecule has 0 unspecified atom stereocenters. The molecule has 0 N–H and O–H groups in total. The van der Waals surface area contributed by atoms with Crippen LogP contribution in [0.2, 0.25) is 0 Å². The molecule has 0 aromatic rings. The van der Waals surface area contributed by atoms with E-state index in [-0.39, 0.29) is 17.5 Å². The minimum Gasteiger partial charge on any atom is -0.299 e. The lowest BCUT2D eigenvalue weighted by atomic mass is 9.87. The van der Waals surface area contributed by atoms with E-state index in [1.807, 2.05) is 0 Å². The van der Waals surface area contributed by atoms with E-state index in [0.717, 1.165) is 38.5 Å². The normalized spacial score (nSPS) is 11.3. The first-order valence-electron chi connectivity index (χ1n) is 13.2. The Hall–Kier alpha value is -0.660. The first-order chi connectivity index (χ1) is 14.2. The predicted molar refractivity (Wildman–Crippen MR) is 127 cm³/mol. The van der Waals surface area contributed by atoms with Crippen LogP contribution < -0.4 is 0 Å². The summed E-state index contributed by atoms with van der Waals surface area (Å²) < 4.78 is 0. The number of hydrogen-bond donors (Lipinski definition) is 0. The van der Waals surface area contributed by atoms with E-state index in [9.17, 15) is 9.59 Å². The summed E-state index contributed by atoms with van der Waals surface area (Å²) in [4.78, 5) is 25.6. The third-order valence-electron chi connectivity index (χ3n) is 6.18. The van der Waals surface area contributed by atoms with Crippen LogP contribution in [0.5, 0.6) is 0 Å². The number of carbonyl (C=O) groups is 2. The van der Waals surface area contributed by atoms with Crippen molar-refractivity contribution in [2.45, 2.75) is 156 Å². The van der Waals surface area contributed by atoms with Crippen LogP contribution in [0.25, 0.3) is 0 Å². The summed E-state index contributed by atoms with van der Waals surface area (Å²) in [5, 5.41) is 0. The first kappa shape index (κ1) is 28.3. The largest absolute Gasteiger partial charge is 0.299 e. The number of carbonyl (C=O) groups excluding carboxylic acids is 2. The van der Waals surface area contributed by atoms with Crippen molar-refractivity contribution in [3.63, 3.8) is 0 Å². The van der Waals surface area contributed by atoms with Gasteiger partial charge in [-0.3, -0.25) is 9.59 Å². The fourth-order valence-electron chi connectivity index (χ4n) is 4.14. The Morgan fingerprint density at radius 2 is 0.759 bits per heavy atom. The summed E-state index contributed by atoms with van der Waals surface area (Å²) in [5.41, 5.74) is 0. The van der Waals surface area contributed by atoms with Gasteiger partial charge in [-0.25, -0.2) is 0 Å². The highest BCUT2D eigenvalue weighted by atomic mass is 16.1. The number of Topliss-reactive ketones (excluding diaryl/α,β-unsaturated/α-hetero) is 2. The van der Waals surface area contributed by atoms with Crippen LogP contribution in [0, 0.1) is 5.92 Å². The van der Waals surface area contributed by atoms with Gasteiger partial charge in [-0.05, 0) is 19.3 Å². The zero-order valence-corrected chi connectivity index (χ0v) is 20.2. The van der Waals surface area contributed by atoms with Gasteiger partial charge < -0.3 is 0 Å². The molecule has 172 valence electrons. The molecule has 0 heterocycles. The van der Waals surface area contributed by atoms with E-state index in [1.165, 1.54) is 83.5 Å². The lowest BCUT2D eigenvalue weighted by Gasteiger charge is -2.15. The van der Waals surface area contributed by atoms with Crippen LogP contribution in [0.4, 0.5) is 0 Å². The molecular formula is C27H52O2. The summed E-state index contributed by atoms with van der Waals surface area (Å²) in [6.07, 6.45) is 23.7. The topological polar surface area (TPSA) is 34.1 Å². The molecule has 0 fully saturated rings. The van der Waals surface area contributed by atoms with E-state index in [4.69, 9.17) is 0 Å². The molecule has 0 aromatic heterocycles. The average molecular weight is 409 g/mol. The third kappa shape index (κ3) is 17.9. The van der Waals surface area contributed by atoms with E-state index >= 15 is 0 Å². The van der Waals surface area contributed by atoms with Crippen LogP contribution in [-0.2, 0) is 9.59 Å². The van der Waals surface area contributed by atoms with E-state index < -0.39 is 0 Å². The first-order valence-corrected chi connectivity index (χ1v) is 13.2. The monoisotopic (exact) mass is 408 g/mol. The molecule has 0 rings (SSSR count). The van der Waals surface area contributed by atoms with Crippen LogP contribution in [0.15, 0.2) is 0 Å². The maximum Gasteiger partial charge on any atom is 0.143 e. The zero-order valence-electron chi connectivity index (χ0n) is 20.2. The van der Waals surface area contributed by atoms with Crippen molar-refractivity contribution in [2.75, 3.05) is 0 Å². The van der Waals surface area contributed by atoms with Crippen LogP contribution in [0.3, 0.4) is 0 Å². The van der Waals surface area contributed by atoms with Gasteiger partial charge in [0.15, 0.2) is 0 Å². The van der Waals surface area contributed by atoms with E-state index in [1.54, 1.807) is 0 Å². The summed E-state index contributed by atoms with van der Waals surface area (Å²) in [5.74, 6) is 0.183. The van der Waals surface area contributed by atoms with Gasteiger partial charge in [0.1, 0.15) is 11.6 Å². The van der Waals surface area contributed by atoms with Gasteiger partial charge >= 0.3 is 0 Å². The Balaban J connectivity index is 4.27. The molecule has 0 aliphatic rings. The molecular weight excluding hydrogens is 356 g/mol. The van der Waals surface area contributed by atoms with Gasteiger partial charge in [0, 0.05) is 12.8 Å². The van der Waals surface area contributed by atoms with Crippen molar-refractivity contribution in [1.82, 2.24) is 0 Å². The van der Waals surface area contributed by atoms with Gasteiger partial charge in [0.05, 0.1) is 5.92 Å². The maximum absolute atomic E-state index is 12.8. The summed E-state index contributed by atoms with van der Waals surface area (Å²) in [6.45, 7) is 6.69. The SMILES string of the molecule is CCCCCCCCC(=O)C(CCCCCCCC)C(=O)CCCCCCCC. The molecule has 0 spiro atoms. The number of rotatable bonds is 23. The molecule has 29 heavy (non-hydrogen) atoms. The molecule has 0 saturated carbocycles. The van der Waals surface area contributed by atoms with Crippen molar-refractivity contribution >= 4 is 11.6 Å². The van der Waals surface area contributed by atoms with E-state index in [0.29, 0.717) is 12.8 Å². The predicted octanol–water partition coefficient (Wildman–Crippen LogP) is 8.99.